The molecule has 2 amide bonds. The Bertz CT molecular complexity index is 797. The van der Waals surface area contributed by atoms with Gasteiger partial charge in [-0.25, -0.2) is 0 Å². The standard InChI is InChI=1S/C22H26ClIN2O3/c1-3-4-13-25-22(28)16(2)26(14-17-5-7-18(23)8-6-17)21(27)15-29-20-11-9-19(24)10-12-20/h5-12,16H,3-4,13-15H2,1-2H3,(H,25,28)/t16-/m1/s1. The van der Waals surface area contributed by atoms with Crippen LogP contribution in [0.3, 0.4) is 0 Å². The van der Waals surface area contributed by atoms with Gasteiger partial charge in [-0.15, -0.1) is 0 Å². The number of benzene rings is 2. The Morgan fingerprint density at radius 2 is 1.79 bits per heavy atom. The topological polar surface area (TPSA) is 58.6 Å². The molecule has 2 rings (SSSR count). The highest BCUT2D eigenvalue weighted by Gasteiger charge is 2.26. The Morgan fingerprint density at radius 3 is 2.41 bits per heavy atom. The van der Waals surface area contributed by atoms with Crippen LogP contribution in [0.1, 0.15) is 32.3 Å². The Morgan fingerprint density at radius 1 is 1.14 bits per heavy atom. The highest BCUT2D eigenvalue weighted by molar-refractivity contribution is 14.1. The van der Waals surface area contributed by atoms with E-state index in [9.17, 15) is 9.59 Å². The second kappa shape index (κ2) is 12.0. The zero-order chi connectivity index (χ0) is 21.2. The summed E-state index contributed by atoms with van der Waals surface area (Å²) in [6.45, 7) is 4.56. The maximum absolute atomic E-state index is 12.9. The van der Waals surface area contributed by atoms with Crippen molar-refractivity contribution < 1.29 is 14.3 Å². The quantitative estimate of drug-likeness (QED) is 0.361. The van der Waals surface area contributed by atoms with Crippen LogP contribution in [0.2, 0.25) is 5.02 Å². The SMILES string of the molecule is CCCCNC(=O)[C@@H](C)N(Cc1ccc(Cl)cc1)C(=O)COc1ccc(I)cc1. The minimum absolute atomic E-state index is 0.138. The number of rotatable bonds is 10. The highest BCUT2D eigenvalue weighted by atomic mass is 127. The second-order valence-corrected chi connectivity index (χ2v) is 8.39. The molecule has 2 aromatic carbocycles. The molecule has 0 radical (unpaired) electrons. The molecule has 0 saturated carbocycles. The predicted octanol–water partition coefficient (Wildman–Crippen LogP) is 4.66. The summed E-state index contributed by atoms with van der Waals surface area (Å²) in [7, 11) is 0. The van der Waals surface area contributed by atoms with E-state index in [1.54, 1.807) is 19.1 Å². The summed E-state index contributed by atoms with van der Waals surface area (Å²) in [5.41, 5.74) is 0.894. The molecule has 0 heterocycles. The summed E-state index contributed by atoms with van der Waals surface area (Å²) >= 11 is 8.17. The van der Waals surface area contributed by atoms with Gasteiger partial charge in [-0.3, -0.25) is 9.59 Å². The Balaban J connectivity index is 2.08. The van der Waals surface area contributed by atoms with E-state index in [1.165, 1.54) is 4.90 Å². The number of amides is 2. The molecule has 0 aliphatic carbocycles. The molecule has 1 N–H and O–H groups in total. The number of carbonyl (C=O) groups is 2. The second-order valence-electron chi connectivity index (χ2n) is 6.71. The van der Waals surface area contributed by atoms with Gasteiger partial charge < -0.3 is 15.0 Å². The summed E-state index contributed by atoms with van der Waals surface area (Å²) in [6, 6.07) is 14.1. The minimum atomic E-state index is -0.615. The van der Waals surface area contributed by atoms with Gasteiger partial charge in [0.25, 0.3) is 5.91 Å². The van der Waals surface area contributed by atoms with Crippen LogP contribution >= 0.6 is 34.2 Å². The van der Waals surface area contributed by atoms with E-state index in [-0.39, 0.29) is 18.4 Å². The fourth-order valence-electron chi connectivity index (χ4n) is 2.66. The first-order valence-electron chi connectivity index (χ1n) is 9.60. The van der Waals surface area contributed by atoms with Gasteiger partial charge in [0, 0.05) is 21.7 Å². The predicted molar refractivity (Wildman–Crippen MR) is 124 cm³/mol. The molecule has 0 aliphatic rings. The van der Waals surface area contributed by atoms with Crippen molar-refractivity contribution in [2.75, 3.05) is 13.2 Å². The van der Waals surface area contributed by atoms with E-state index in [0.29, 0.717) is 23.9 Å². The van der Waals surface area contributed by atoms with Crippen LogP contribution in [-0.2, 0) is 16.1 Å². The first-order valence-corrected chi connectivity index (χ1v) is 11.1. The fraction of sp³-hybridized carbons (Fsp3) is 0.364. The molecule has 0 aliphatic heterocycles. The summed E-state index contributed by atoms with van der Waals surface area (Å²) in [4.78, 5) is 27.0. The number of halogens is 2. The number of hydrogen-bond acceptors (Lipinski definition) is 3. The summed E-state index contributed by atoms with van der Waals surface area (Å²) in [5, 5.41) is 3.52. The van der Waals surface area contributed by atoms with Crippen molar-refractivity contribution in [3.63, 3.8) is 0 Å². The molecule has 1 atom stereocenters. The molecule has 156 valence electrons. The zero-order valence-electron chi connectivity index (χ0n) is 16.7. The van der Waals surface area contributed by atoms with Gasteiger partial charge in [-0.2, -0.15) is 0 Å². The van der Waals surface area contributed by atoms with Crippen molar-refractivity contribution >= 4 is 46.0 Å². The Hall–Kier alpha value is -1.80. The number of carbonyl (C=O) groups excluding carboxylic acids is 2. The monoisotopic (exact) mass is 528 g/mol. The third kappa shape index (κ3) is 7.85. The maximum atomic E-state index is 12.9. The highest BCUT2D eigenvalue weighted by Crippen LogP contribution is 2.16. The van der Waals surface area contributed by atoms with Gasteiger partial charge in [0.2, 0.25) is 5.91 Å². The molecule has 0 unspecified atom stereocenters. The molecule has 0 bridgehead atoms. The Labute approximate surface area is 190 Å². The van der Waals surface area contributed by atoms with Gasteiger partial charge in [0.1, 0.15) is 11.8 Å². The van der Waals surface area contributed by atoms with Crippen LogP contribution in [0.4, 0.5) is 0 Å². The van der Waals surface area contributed by atoms with E-state index < -0.39 is 6.04 Å². The van der Waals surface area contributed by atoms with Gasteiger partial charge in [-0.1, -0.05) is 37.1 Å². The van der Waals surface area contributed by atoms with Crippen molar-refractivity contribution in [2.45, 2.75) is 39.3 Å². The van der Waals surface area contributed by atoms with Crippen LogP contribution in [0.25, 0.3) is 0 Å². The third-order valence-electron chi connectivity index (χ3n) is 4.44. The largest absolute Gasteiger partial charge is 0.484 e. The molecule has 0 fully saturated rings. The average molecular weight is 529 g/mol. The number of nitrogens with zero attached hydrogens (tertiary/aromatic N) is 1. The van der Waals surface area contributed by atoms with E-state index in [4.69, 9.17) is 16.3 Å². The van der Waals surface area contributed by atoms with Crippen molar-refractivity contribution in [1.29, 1.82) is 0 Å². The Kier molecular flexibility index (Phi) is 9.73. The average Bonchev–Trinajstić information content (AvgIpc) is 2.72. The maximum Gasteiger partial charge on any atom is 0.261 e. The lowest BCUT2D eigenvalue weighted by molar-refractivity contribution is -0.142. The zero-order valence-corrected chi connectivity index (χ0v) is 19.6. The molecule has 0 saturated heterocycles. The minimum Gasteiger partial charge on any atom is -0.484 e. The van der Waals surface area contributed by atoms with Gasteiger partial charge in [0.15, 0.2) is 6.61 Å². The number of nitrogens with one attached hydrogen (secondary N) is 1. The van der Waals surface area contributed by atoms with Crippen molar-refractivity contribution in [3.8, 4) is 5.75 Å². The first-order chi connectivity index (χ1) is 13.9. The molecule has 2 aromatic rings. The van der Waals surface area contributed by atoms with Crippen LogP contribution < -0.4 is 10.1 Å². The van der Waals surface area contributed by atoms with Crippen molar-refractivity contribution in [1.82, 2.24) is 10.2 Å². The van der Waals surface area contributed by atoms with Crippen LogP contribution in [-0.4, -0.2) is 35.9 Å². The van der Waals surface area contributed by atoms with Crippen LogP contribution in [0, 0.1) is 3.57 Å². The molecular weight excluding hydrogens is 503 g/mol. The molecule has 0 aromatic heterocycles. The van der Waals surface area contributed by atoms with Crippen molar-refractivity contribution in [3.05, 3.63) is 62.7 Å². The summed E-state index contributed by atoms with van der Waals surface area (Å²) < 4.78 is 6.73. The van der Waals surface area contributed by atoms with Gasteiger partial charge >= 0.3 is 0 Å². The van der Waals surface area contributed by atoms with Crippen LogP contribution in [0.15, 0.2) is 48.5 Å². The molecule has 5 nitrogen and oxygen atoms in total. The number of ether oxygens (including phenoxy) is 1. The third-order valence-corrected chi connectivity index (χ3v) is 5.41. The first kappa shape index (κ1) is 23.5. The molecule has 0 spiro atoms. The lowest BCUT2D eigenvalue weighted by Crippen LogP contribution is -2.49. The smallest absolute Gasteiger partial charge is 0.261 e. The van der Waals surface area contributed by atoms with E-state index >= 15 is 0 Å². The normalized spacial score (nSPS) is 11.6. The van der Waals surface area contributed by atoms with E-state index in [0.717, 1.165) is 22.0 Å². The lowest BCUT2D eigenvalue weighted by Gasteiger charge is -2.28. The van der Waals surface area contributed by atoms with E-state index in [1.807, 2.05) is 36.4 Å². The van der Waals surface area contributed by atoms with Gasteiger partial charge in [-0.05, 0) is 77.9 Å². The summed E-state index contributed by atoms with van der Waals surface area (Å²) in [5.74, 6) is 0.192. The van der Waals surface area contributed by atoms with Crippen molar-refractivity contribution in [2.24, 2.45) is 0 Å². The molecule has 29 heavy (non-hydrogen) atoms. The number of hydrogen-bond donors (Lipinski definition) is 1. The van der Waals surface area contributed by atoms with E-state index in [2.05, 4.69) is 34.8 Å². The van der Waals surface area contributed by atoms with Gasteiger partial charge in [0.05, 0.1) is 0 Å². The number of unbranched alkanes of at least 4 members (excludes halogenated alkanes) is 1. The molecule has 7 heteroatoms. The summed E-state index contributed by atoms with van der Waals surface area (Å²) in [6.07, 6.45) is 1.89. The van der Waals surface area contributed by atoms with Crippen LogP contribution in [0.5, 0.6) is 5.75 Å². The molecular formula is C22H26ClIN2O3. The fourth-order valence-corrected chi connectivity index (χ4v) is 3.15. The lowest BCUT2D eigenvalue weighted by atomic mass is 10.1.